The van der Waals surface area contributed by atoms with E-state index in [4.69, 9.17) is 10.00 Å². The number of nitrogens with zero attached hydrogens (tertiary/aromatic N) is 1. The molecule has 0 aliphatic rings. The zero-order valence-electron chi connectivity index (χ0n) is 10.3. The molecule has 0 atom stereocenters. The Bertz CT molecular complexity index is 629. The van der Waals surface area contributed by atoms with Crippen molar-refractivity contribution in [3.63, 3.8) is 0 Å². The highest BCUT2D eigenvalue weighted by Gasteiger charge is 2.11. The highest BCUT2D eigenvalue weighted by molar-refractivity contribution is 7.98. The van der Waals surface area contributed by atoms with Gasteiger partial charge in [-0.05, 0) is 42.7 Å². The summed E-state index contributed by atoms with van der Waals surface area (Å²) in [7, 11) is 0. The minimum absolute atomic E-state index is 0.281. The average molecular weight is 269 g/mol. The summed E-state index contributed by atoms with van der Waals surface area (Å²) in [6.45, 7) is 0. The molecule has 0 aromatic heterocycles. The van der Waals surface area contributed by atoms with E-state index >= 15 is 0 Å². The van der Waals surface area contributed by atoms with E-state index in [0.717, 1.165) is 4.90 Å². The lowest BCUT2D eigenvalue weighted by molar-refractivity contribution is 0.0734. The van der Waals surface area contributed by atoms with Crippen LogP contribution < -0.4 is 4.74 Å². The predicted octanol–water partition coefficient (Wildman–Crippen LogP) is 3.50. The van der Waals surface area contributed by atoms with Gasteiger partial charge in [-0.15, -0.1) is 11.8 Å². The molecule has 2 aromatic rings. The minimum atomic E-state index is -0.463. The van der Waals surface area contributed by atoms with E-state index in [1.54, 1.807) is 48.2 Å². The van der Waals surface area contributed by atoms with Crippen LogP contribution in [0.2, 0.25) is 0 Å². The van der Waals surface area contributed by atoms with Crippen molar-refractivity contribution < 1.29 is 9.53 Å². The summed E-state index contributed by atoms with van der Waals surface area (Å²) in [5, 5.41) is 8.93. The van der Waals surface area contributed by atoms with Gasteiger partial charge >= 0.3 is 5.97 Å². The summed E-state index contributed by atoms with van der Waals surface area (Å²) in [6, 6.07) is 15.8. The second kappa shape index (κ2) is 6.07. The number of benzene rings is 2. The molecule has 94 valence electrons. The van der Waals surface area contributed by atoms with Crippen LogP contribution in [0.25, 0.3) is 0 Å². The summed E-state index contributed by atoms with van der Waals surface area (Å²) in [5.41, 5.74) is 0.808. The van der Waals surface area contributed by atoms with Gasteiger partial charge < -0.3 is 4.74 Å². The first-order valence-corrected chi connectivity index (χ1v) is 6.82. The number of carbonyl (C=O) groups is 1. The molecule has 0 saturated carbocycles. The van der Waals surface area contributed by atoms with Crippen LogP contribution in [-0.4, -0.2) is 12.2 Å². The van der Waals surface area contributed by atoms with Gasteiger partial charge in [0, 0.05) is 4.90 Å². The first kappa shape index (κ1) is 13.2. The number of para-hydroxylation sites is 1. The Kier molecular flexibility index (Phi) is 4.22. The molecule has 0 radical (unpaired) electrons. The molecule has 0 spiro atoms. The number of hydrogen-bond donors (Lipinski definition) is 0. The monoisotopic (exact) mass is 269 g/mol. The van der Waals surface area contributed by atoms with Crippen LogP contribution in [0.3, 0.4) is 0 Å². The van der Waals surface area contributed by atoms with Gasteiger partial charge in [0.1, 0.15) is 11.8 Å². The zero-order valence-corrected chi connectivity index (χ0v) is 11.1. The third-order valence-electron chi connectivity index (χ3n) is 2.54. The van der Waals surface area contributed by atoms with E-state index < -0.39 is 5.97 Å². The van der Waals surface area contributed by atoms with Crippen LogP contribution in [0, 0.1) is 11.3 Å². The van der Waals surface area contributed by atoms with Crippen LogP contribution in [0.4, 0.5) is 0 Å². The Hall–Kier alpha value is -2.25. The summed E-state index contributed by atoms with van der Waals surface area (Å²) in [6.07, 6.45) is 1.97. The van der Waals surface area contributed by atoms with Crippen LogP contribution >= 0.6 is 11.8 Å². The van der Waals surface area contributed by atoms with E-state index in [1.807, 2.05) is 24.5 Å². The molecule has 3 nitrogen and oxygen atoms in total. The normalized spacial score (nSPS) is 9.68. The molecule has 0 aliphatic heterocycles. The maximum absolute atomic E-state index is 11.9. The third-order valence-corrected chi connectivity index (χ3v) is 3.28. The van der Waals surface area contributed by atoms with Gasteiger partial charge in [0.25, 0.3) is 0 Å². The quantitative estimate of drug-likeness (QED) is 0.486. The van der Waals surface area contributed by atoms with Crippen LogP contribution in [0.15, 0.2) is 53.4 Å². The SMILES string of the molecule is CSc1ccc(C(=O)Oc2ccccc2C#N)cc1. The van der Waals surface area contributed by atoms with E-state index in [1.165, 1.54) is 0 Å². The Morgan fingerprint density at radius 1 is 1.16 bits per heavy atom. The van der Waals surface area contributed by atoms with Gasteiger partial charge in [0.15, 0.2) is 0 Å². The zero-order chi connectivity index (χ0) is 13.7. The lowest BCUT2D eigenvalue weighted by Crippen LogP contribution is -2.09. The second-order valence-electron chi connectivity index (χ2n) is 3.73. The molecule has 0 bridgehead atoms. The molecule has 0 N–H and O–H groups in total. The van der Waals surface area contributed by atoms with Crippen molar-refractivity contribution in [2.75, 3.05) is 6.26 Å². The van der Waals surface area contributed by atoms with E-state index in [-0.39, 0.29) is 5.75 Å². The highest BCUT2D eigenvalue weighted by atomic mass is 32.2. The fourth-order valence-electron chi connectivity index (χ4n) is 1.53. The van der Waals surface area contributed by atoms with Crippen molar-refractivity contribution in [3.05, 3.63) is 59.7 Å². The first-order valence-electron chi connectivity index (χ1n) is 5.60. The molecule has 0 heterocycles. The van der Waals surface area contributed by atoms with Crippen molar-refractivity contribution in [2.45, 2.75) is 4.90 Å². The number of esters is 1. The topological polar surface area (TPSA) is 50.1 Å². The van der Waals surface area contributed by atoms with Gasteiger partial charge in [-0.1, -0.05) is 12.1 Å². The Labute approximate surface area is 115 Å². The van der Waals surface area contributed by atoms with Crippen LogP contribution in [-0.2, 0) is 0 Å². The van der Waals surface area contributed by atoms with E-state index in [2.05, 4.69) is 0 Å². The third kappa shape index (κ3) is 3.15. The Morgan fingerprint density at radius 2 is 1.84 bits per heavy atom. The molecule has 0 fully saturated rings. The van der Waals surface area contributed by atoms with Gasteiger partial charge in [0.2, 0.25) is 0 Å². The predicted molar refractivity (Wildman–Crippen MR) is 74.3 cm³/mol. The van der Waals surface area contributed by atoms with Crippen molar-refractivity contribution >= 4 is 17.7 Å². The van der Waals surface area contributed by atoms with Crippen molar-refractivity contribution in [3.8, 4) is 11.8 Å². The average Bonchev–Trinajstić information content (AvgIpc) is 2.48. The van der Waals surface area contributed by atoms with Gasteiger partial charge in [0.05, 0.1) is 11.1 Å². The fraction of sp³-hybridized carbons (Fsp3) is 0.0667. The molecule has 2 rings (SSSR count). The summed E-state index contributed by atoms with van der Waals surface area (Å²) in [4.78, 5) is 13.0. The minimum Gasteiger partial charge on any atom is -0.422 e. The number of carbonyl (C=O) groups excluding carboxylic acids is 1. The van der Waals surface area contributed by atoms with E-state index in [9.17, 15) is 4.79 Å². The van der Waals surface area contributed by atoms with Crippen molar-refractivity contribution in [2.24, 2.45) is 0 Å². The molecule has 0 amide bonds. The number of rotatable bonds is 3. The largest absolute Gasteiger partial charge is 0.422 e. The maximum Gasteiger partial charge on any atom is 0.343 e. The maximum atomic E-state index is 11.9. The lowest BCUT2D eigenvalue weighted by atomic mass is 10.2. The van der Waals surface area contributed by atoms with E-state index in [0.29, 0.717) is 11.1 Å². The Balaban J connectivity index is 2.18. The van der Waals surface area contributed by atoms with Gasteiger partial charge in [-0.25, -0.2) is 4.79 Å². The van der Waals surface area contributed by atoms with Crippen molar-refractivity contribution in [1.29, 1.82) is 5.26 Å². The van der Waals surface area contributed by atoms with Crippen molar-refractivity contribution in [1.82, 2.24) is 0 Å². The molecule has 4 heteroatoms. The second-order valence-corrected chi connectivity index (χ2v) is 4.61. The number of hydrogen-bond acceptors (Lipinski definition) is 4. The van der Waals surface area contributed by atoms with Crippen LogP contribution in [0.1, 0.15) is 15.9 Å². The smallest absolute Gasteiger partial charge is 0.343 e. The summed E-state index contributed by atoms with van der Waals surface area (Å²) >= 11 is 1.60. The number of nitriles is 1. The molecule has 0 saturated heterocycles. The molecule has 2 aromatic carbocycles. The summed E-state index contributed by atoms with van der Waals surface area (Å²) in [5.74, 6) is -0.181. The molecule has 0 unspecified atom stereocenters. The Morgan fingerprint density at radius 3 is 2.47 bits per heavy atom. The standard InChI is InChI=1S/C15H11NO2S/c1-19-13-8-6-11(7-9-13)15(17)18-14-5-3-2-4-12(14)10-16/h2-9H,1H3. The molecule has 0 aliphatic carbocycles. The molecular weight excluding hydrogens is 258 g/mol. The number of thioether (sulfide) groups is 1. The number of ether oxygens (including phenoxy) is 1. The summed E-state index contributed by atoms with van der Waals surface area (Å²) < 4.78 is 5.23. The lowest BCUT2D eigenvalue weighted by Gasteiger charge is -2.06. The van der Waals surface area contributed by atoms with Gasteiger partial charge in [-0.2, -0.15) is 5.26 Å². The molecular formula is C15H11NO2S. The van der Waals surface area contributed by atoms with Crippen LogP contribution in [0.5, 0.6) is 5.75 Å². The molecule has 19 heavy (non-hydrogen) atoms. The van der Waals surface area contributed by atoms with Gasteiger partial charge in [-0.3, -0.25) is 0 Å². The fourth-order valence-corrected chi connectivity index (χ4v) is 1.94. The highest BCUT2D eigenvalue weighted by Crippen LogP contribution is 2.19. The first-order chi connectivity index (χ1) is 9.24.